The molecule has 1 aromatic carbocycles. The lowest BCUT2D eigenvalue weighted by atomic mass is 10.2. The average molecular weight is 334 g/mol. The van der Waals surface area contributed by atoms with E-state index in [1.54, 1.807) is 16.2 Å². The number of carbonyl (C=O) groups excluding carboxylic acids is 1. The Morgan fingerprint density at radius 3 is 3.00 bits per heavy atom. The normalized spacial score (nSPS) is 18.3. The number of para-hydroxylation sites is 1. The molecule has 2 aromatic rings. The molecule has 122 valence electrons. The Kier molecular flexibility index (Phi) is 4.88. The minimum atomic E-state index is -1.02. The van der Waals surface area contributed by atoms with E-state index in [0.29, 0.717) is 19.4 Å². The number of carboxylic acids is 1. The van der Waals surface area contributed by atoms with Gasteiger partial charge in [-0.3, -0.25) is 4.79 Å². The van der Waals surface area contributed by atoms with E-state index in [9.17, 15) is 9.59 Å². The smallest absolute Gasteiger partial charge is 0.334 e. The van der Waals surface area contributed by atoms with Gasteiger partial charge < -0.3 is 14.7 Å². The number of nitrogens with zero attached hydrogens (tertiary/aromatic N) is 2. The standard InChI is InChI=1S/C16H18N2O4S/c19-15(18-8-9-22-12(10-18)16(20)21)7-3-6-14-17-11-4-1-2-5-13(11)23-14/h1-2,4-5,12H,3,6-10H2,(H,20,21). The summed E-state index contributed by atoms with van der Waals surface area (Å²) in [5.74, 6) is -1.03. The van der Waals surface area contributed by atoms with Gasteiger partial charge in [-0.25, -0.2) is 9.78 Å². The molecule has 0 saturated carbocycles. The Morgan fingerprint density at radius 2 is 2.22 bits per heavy atom. The number of aryl methyl sites for hydroxylation is 1. The highest BCUT2D eigenvalue weighted by molar-refractivity contribution is 7.18. The van der Waals surface area contributed by atoms with Crippen molar-refractivity contribution in [2.24, 2.45) is 0 Å². The topological polar surface area (TPSA) is 79.7 Å². The Labute approximate surface area is 137 Å². The zero-order valence-corrected chi connectivity index (χ0v) is 13.4. The van der Waals surface area contributed by atoms with Crippen LogP contribution in [0.1, 0.15) is 17.8 Å². The quantitative estimate of drug-likeness (QED) is 0.904. The molecule has 1 atom stereocenters. The summed E-state index contributed by atoms with van der Waals surface area (Å²) < 4.78 is 6.28. The van der Waals surface area contributed by atoms with Crippen molar-refractivity contribution in [3.05, 3.63) is 29.3 Å². The summed E-state index contributed by atoms with van der Waals surface area (Å²) in [6.45, 7) is 0.875. The van der Waals surface area contributed by atoms with Gasteiger partial charge in [-0.05, 0) is 25.0 Å². The van der Waals surface area contributed by atoms with Crippen LogP contribution in [0.5, 0.6) is 0 Å². The van der Waals surface area contributed by atoms with Crippen molar-refractivity contribution >= 4 is 33.4 Å². The van der Waals surface area contributed by atoms with Gasteiger partial charge in [-0.2, -0.15) is 0 Å². The van der Waals surface area contributed by atoms with Gasteiger partial charge in [0, 0.05) is 13.0 Å². The first-order chi connectivity index (χ1) is 11.1. The molecule has 23 heavy (non-hydrogen) atoms. The van der Waals surface area contributed by atoms with E-state index in [1.807, 2.05) is 24.3 Å². The maximum Gasteiger partial charge on any atom is 0.334 e. The molecule has 1 N–H and O–H groups in total. The van der Waals surface area contributed by atoms with Crippen molar-refractivity contribution in [1.29, 1.82) is 0 Å². The van der Waals surface area contributed by atoms with Crippen LogP contribution in [0.2, 0.25) is 0 Å². The first-order valence-electron chi connectivity index (χ1n) is 7.60. The Hall–Kier alpha value is -1.99. The van der Waals surface area contributed by atoms with Crippen molar-refractivity contribution in [2.75, 3.05) is 19.7 Å². The third-order valence-corrected chi connectivity index (χ3v) is 4.91. The van der Waals surface area contributed by atoms with E-state index in [-0.39, 0.29) is 19.1 Å². The number of hydrogen-bond acceptors (Lipinski definition) is 5. The number of thiazole rings is 1. The molecule has 3 rings (SSSR count). The van der Waals surface area contributed by atoms with Crippen molar-refractivity contribution in [1.82, 2.24) is 9.88 Å². The molecular weight excluding hydrogens is 316 g/mol. The summed E-state index contributed by atoms with van der Waals surface area (Å²) in [6.07, 6.45) is 0.977. The maximum atomic E-state index is 12.2. The molecule has 1 aliphatic rings. The predicted octanol–water partition coefficient (Wildman–Crippen LogP) is 1.93. The fourth-order valence-corrected chi connectivity index (χ4v) is 3.61. The lowest BCUT2D eigenvalue weighted by Crippen LogP contribution is -2.48. The van der Waals surface area contributed by atoms with Gasteiger partial charge >= 0.3 is 5.97 Å². The fraction of sp³-hybridized carbons (Fsp3) is 0.438. The van der Waals surface area contributed by atoms with E-state index in [1.165, 1.54) is 0 Å². The van der Waals surface area contributed by atoms with Crippen molar-refractivity contribution in [3.8, 4) is 0 Å². The molecule has 1 unspecified atom stereocenters. The van der Waals surface area contributed by atoms with Crippen LogP contribution >= 0.6 is 11.3 Å². The SMILES string of the molecule is O=C(O)C1CN(C(=O)CCCc2nc3ccccc3s2)CCO1. The summed E-state index contributed by atoms with van der Waals surface area (Å²) in [4.78, 5) is 29.3. The van der Waals surface area contributed by atoms with Gasteiger partial charge in [0.2, 0.25) is 5.91 Å². The van der Waals surface area contributed by atoms with Crippen LogP contribution in [0.25, 0.3) is 10.2 Å². The molecule has 1 aromatic heterocycles. The second-order valence-corrected chi connectivity index (χ2v) is 6.58. The monoisotopic (exact) mass is 334 g/mol. The number of fused-ring (bicyclic) bond motifs is 1. The molecule has 2 heterocycles. The molecule has 1 saturated heterocycles. The summed E-state index contributed by atoms with van der Waals surface area (Å²) in [7, 11) is 0. The van der Waals surface area contributed by atoms with E-state index < -0.39 is 12.1 Å². The third-order valence-electron chi connectivity index (χ3n) is 3.81. The Balaban J connectivity index is 1.50. The summed E-state index contributed by atoms with van der Waals surface area (Å²) in [6, 6.07) is 7.99. The number of rotatable bonds is 5. The molecular formula is C16H18N2O4S. The maximum absolute atomic E-state index is 12.2. The molecule has 1 fully saturated rings. The first-order valence-corrected chi connectivity index (χ1v) is 8.42. The zero-order chi connectivity index (χ0) is 16.2. The highest BCUT2D eigenvalue weighted by Crippen LogP contribution is 2.22. The number of carbonyl (C=O) groups is 2. The predicted molar refractivity (Wildman–Crippen MR) is 86.5 cm³/mol. The van der Waals surface area contributed by atoms with Crippen LogP contribution in [0.15, 0.2) is 24.3 Å². The number of aliphatic carboxylic acids is 1. The largest absolute Gasteiger partial charge is 0.479 e. The lowest BCUT2D eigenvalue weighted by molar-refractivity contribution is -0.159. The molecule has 0 radical (unpaired) electrons. The molecule has 1 aliphatic heterocycles. The number of aromatic nitrogens is 1. The first kappa shape index (κ1) is 15.9. The van der Waals surface area contributed by atoms with Crippen molar-refractivity contribution < 1.29 is 19.4 Å². The number of ether oxygens (including phenoxy) is 1. The van der Waals surface area contributed by atoms with Crippen LogP contribution < -0.4 is 0 Å². The van der Waals surface area contributed by atoms with Gasteiger partial charge in [0.15, 0.2) is 6.10 Å². The molecule has 0 bridgehead atoms. The lowest BCUT2D eigenvalue weighted by Gasteiger charge is -2.30. The van der Waals surface area contributed by atoms with Crippen molar-refractivity contribution in [3.63, 3.8) is 0 Å². The summed E-state index contributed by atoms with van der Waals surface area (Å²) >= 11 is 1.66. The van der Waals surface area contributed by atoms with Crippen LogP contribution in [0.4, 0.5) is 0 Å². The minimum absolute atomic E-state index is 0.0133. The highest BCUT2D eigenvalue weighted by Gasteiger charge is 2.28. The van der Waals surface area contributed by atoms with Gasteiger partial charge in [0.25, 0.3) is 0 Å². The molecule has 0 aliphatic carbocycles. The van der Waals surface area contributed by atoms with E-state index in [4.69, 9.17) is 9.84 Å². The highest BCUT2D eigenvalue weighted by atomic mass is 32.1. The summed E-state index contributed by atoms with van der Waals surface area (Å²) in [5.41, 5.74) is 0.997. The number of amides is 1. The number of carboxylic acid groups (broad SMARTS) is 1. The van der Waals surface area contributed by atoms with E-state index in [0.717, 1.165) is 21.6 Å². The third kappa shape index (κ3) is 3.86. The second kappa shape index (κ2) is 7.06. The molecule has 6 nitrogen and oxygen atoms in total. The molecule has 0 spiro atoms. The van der Waals surface area contributed by atoms with Crippen molar-refractivity contribution in [2.45, 2.75) is 25.4 Å². The van der Waals surface area contributed by atoms with Crippen LogP contribution in [0.3, 0.4) is 0 Å². The molecule has 1 amide bonds. The zero-order valence-electron chi connectivity index (χ0n) is 12.6. The van der Waals surface area contributed by atoms with Gasteiger partial charge in [0.1, 0.15) is 0 Å². The minimum Gasteiger partial charge on any atom is -0.479 e. The fourth-order valence-electron chi connectivity index (χ4n) is 2.60. The Bertz CT molecular complexity index is 682. The Morgan fingerprint density at radius 1 is 1.39 bits per heavy atom. The number of morpholine rings is 1. The van der Waals surface area contributed by atoms with Crippen LogP contribution in [-0.2, 0) is 20.7 Å². The average Bonchev–Trinajstić information content (AvgIpc) is 2.97. The number of hydrogen-bond donors (Lipinski definition) is 1. The van der Waals surface area contributed by atoms with Gasteiger partial charge in [0.05, 0.1) is 28.4 Å². The number of benzene rings is 1. The van der Waals surface area contributed by atoms with Crippen LogP contribution in [-0.4, -0.2) is 52.7 Å². The van der Waals surface area contributed by atoms with E-state index in [2.05, 4.69) is 4.98 Å². The van der Waals surface area contributed by atoms with E-state index >= 15 is 0 Å². The van der Waals surface area contributed by atoms with Gasteiger partial charge in [-0.15, -0.1) is 11.3 Å². The second-order valence-electron chi connectivity index (χ2n) is 5.47. The summed E-state index contributed by atoms with van der Waals surface area (Å²) in [5, 5.41) is 9.99. The van der Waals surface area contributed by atoms with Gasteiger partial charge in [-0.1, -0.05) is 12.1 Å². The molecule has 7 heteroatoms. The van der Waals surface area contributed by atoms with Crippen LogP contribution in [0, 0.1) is 0 Å².